The number of benzene rings is 1. The van der Waals surface area contributed by atoms with E-state index in [1.807, 2.05) is 24.3 Å². The fourth-order valence-corrected chi connectivity index (χ4v) is 3.31. The fraction of sp³-hybridized carbons (Fsp3) is 0.529. The summed E-state index contributed by atoms with van der Waals surface area (Å²) in [5.41, 5.74) is 7.12. The predicted molar refractivity (Wildman–Crippen MR) is 93.9 cm³/mol. The molecule has 2 fully saturated rings. The number of amides is 2. The van der Waals surface area contributed by atoms with Gasteiger partial charge in [-0.2, -0.15) is 0 Å². The minimum Gasteiger partial charge on any atom is -0.324 e. The molecule has 3 N–H and O–H groups in total. The zero-order valence-corrected chi connectivity index (χ0v) is 14.0. The third kappa shape index (κ3) is 3.85. The van der Waals surface area contributed by atoms with E-state index in [9.17, 15) is 9.59 Å². The van der Waals surface area contributed by atoms with E-state index in [1.54, 1.807) is 4.90 Å². The average Bonchev–Trinajstić information content (AvgIpc) is 2.95. The maximum absolute atomic E-state index is 12.4. The van der Waals surface area contributed by atoms with E-state index in [-0.39, 0.29) is 24.2 Å². The Kier molecular flexibility index (Phi) is 5.65. The lowest BCUT2D eigenvalue weighted by Gasteiger charge is -2.31. The maximum Gasteiger partial charge on any atom is 0.244 e. The smallest absolute Gasteiger partial charge is 0.244 e. The number of carbonyl (C=O) groups excluding carboxylic acids is 2. The van der Waals surface area contributed by atoms with Crippen LogP contribution < -0.4 is 16.0 Å². The number of hydrogen-bond donors (Lipinski definition) is 2. The molecule has 23 heavy (non-hydrogen) atoms. The number of nitrogens with one attached hydrogen (secondary N) is 1. The van der Waals surface area contributed by atoms with Crippen molar-refractivity contribution in [3.05, 3.63) is 24.3 Å². The first kappa shape index (κ1) is 17.8. The van der Waals surface area contributed by atoms with Crippen molar-refractivity contribution in [3.63, 3.8) is 0 Å². The summed E-state index contributed by atoms with van der Waals surface area (Å²) >= 11 is 0. The van der Waals surface area contributed by atoms with E-state index in [0.29, 0.717) is 6.42 Å². The zero-order valence-electron chi connectivity index (χ0n) is 13.2. The van der Waals surface area contributed by atoms with Gasteiger partial charge in [-0.05, 0) is 43.5 Å². The maximum atomic E-state index is 12.4. The van der Waals surface area contributed by atoms with Crippen LogP contribution in [-0.2, 0) is 9.59 Å². The van der Waals surface area contributed by atoms with Gasteiger partial charge in [0.05, 0.1) is 5.54 Å². The van der Waals surface area contributed by atoms with Gasteiger partial charge in [0.25, 0.3) is 0 Å². The summed E-state index contributed by atoms with van der Waals surface area (Å²) < 4.78 is 0. The van der Waals surface area contributed by atoms with E-state index < -0.39 is 5.54 Å². The monoisotopic (exact) mass is 337 g/mol. The quantitative estimate of drug-likeness (QED) is 0.890. The molecule has 1 aromatic carbocycles. The Labute approximate surface area is 143 Å². The van der Waals surface area contributed by atoms with Crippen LogP contribution in [0.3, 0.4) is 0 Å². The normalized spacial score (nSPS) is 20.0. The summed E-state index contributed by atoms with van der Waals surface area (Å²) in [6.07, 6.45) is 6.21. The highest BCUT2D eigenvalue weighted by Gasteiger charge is 2.35. The van der Waals surface area contributed by atoms with Crippen LogP contribution in [0.2, 0.25) is 0 Å². The SMILES string of the molecule is Cl.NC1(C(=O)Nc2ccc(N3CCCC3=O)cc2)CCCCC1. The molecule has 6 heteroatoms. The van der Waals surface area contributed by atoms with Crippen molar-refractivity contribution < 1.29 is 9.59 Å². The van der Waals surface area contributed by atoms with Crippen LogP contribution in [0.1, 0.15) is 44.9 Å². The highest BCUT2D eigenvalue weighted by Crippen LogP contribution is 2.28. The molecule has 3 rings (SSSR count). The number of hydrogen-bond acceptors (Lipinski definition) is 3. The molecular formula is C17H24ClN3O2. The molecule has 0 aromatic heterocycles. The van der Waals surface area contributed by atoms with Crippen molar-refractivity contribution in [1.29, 1.82) is 0 Å². The van der Waals surface area contributed by atoms with Gasteiger partial charge in [-0.25, -0.2) is 0 Å². The molecule has 0 bridgehead atoms. The minimum absolute atomic E-state index is 0. The first-order valence-corrected chi connectivity index (χ1v) is 8.09. The van der Waals surface area contributed by atoms with Crippen molar-refractivity contribution in [2.24, 2.45) is 5.73 Å². The van der Waals surface area contributed by atoms with E-state index in [4.69, 9.17) is 5.73 Å². The van der Waals surface area contributed by atoms with Crippen molar-refractivity contribution in [3.8, 4) is 0 Å². The molecular weight excluding hydrogens is 314 g/mol. The van der Waals surface area contributed by atoms with Gasteiger partial charge < -0.3 is 16.0 Å². The first-order valence-electron chi connectivity index (χ1n) is 8.09. The molecule has 0 atom stereocenters. The molecule has 0 spiro atoms. The molecule has 0 unspecified atom stereocenters. The highest BCUT2D eigenvalue weighted by molar-refractivity contribution is 5.99. The fourth-order valence-electron chi connectivity index (χ4n) is 3.31. The molecule has 1 aliphatic heterocycles. The average molecular weight is 338 g/mol. The Hall–Kier alpha value is -1.59. The summed E-state index contributed by atoms with van der Waals surface area (Å²) in [6.45, 7) is 0.774. The van der Waals surface area contributed by atoms with E-state index in [2.05, 4.69) is 5.32 Å². The summed E-state index contributed by atoms with van der Waals surface area (Å²) in [7, 11) is 0. The summed E-state index contributed by atoms with van der Waals surface area (Å²) in [4.78, 5) is 25.9. The number of carbonyl (C=O) groups is 2. The third-order valence-electron chi connectivity index (χ3n) is 4.71. The minimum atomic E-state index is -0.734. The first-order chi connectivity index (χ1) is 10.6. The second kappa shape index (κ2) is 7.32. The molecule has 1 saturated carbocycles. The van der Waals surface area contributed by atoms with Gasteiger partial charge >= 0.3 is 0 Å². The lowest BCUT2D eigenvalue weighted by atomic mass is 9.82. The van der Waals surface area contributed by atoms with Gasteiger partial charge in [0, 0.05) is 24.3 Å². The standard InChI is InChI=1S/C17H23N3O2.ClH/c18-17(10-2-1-3-11-17)16(22)19-13-6-8-14(9-7-13)20-12-4-5-15(20)21;/h6-9H,1-5,10-12,18H2,(H,19,22);1H. The van der Waals surface area contributed by atoms with Crippen LogP contribution in [0.4, 0.5) is 11.4 Å². The highest BCUT2D eigenvalue weighted by atomic mass is 35.5. The van der Waals surface area contributed by atoms with Gasteiger partial charge in [0.15, 0.2) is 0 Å². The Balaban J connectivity index is 0.00000192. The van der Waals surface area contributed by atoms with Gasteiger partial charge in [0.2, 0.25) is 11.8 Å². The lowest BCUT2D eigenvalue weighted by molar-refractivity contribution is -0.122. The summed E-state index contributed by atoms with van der Waals surface area (Å²) in [5.74, 6) is 0.0668. The topological polar surface area (TPSA) is 75.4 Å². The van der Waals surface area contributed by atoms with Crippen LogP contribution >= 0.6 is 12.4 Å². The van der Waals surface area contributed by atoms with E-state index >= 15 is 0 Å². The molecule has 0 radical (unpaired) electrons. The van der Waals surface area contributed by atoms with E-state index in [1.165, 1.54) is 0 Å². The Morgan fingerprint density at radius 2 is 1.74 bits per heavy atom. The second-order valence-electron chi connectivity index (χ2n) is 6.37. The van der Waals surface area contributed by atoms with Crippen molar-refractivity contribution in [2.45, 2.75) is 50.5 Å². The molecule has 5 nitrogen and oxygen atoms in total. The molecule has 1 aromatic rings. The molecule has 126 valence electrons. The van der Waals surface area contributed by atoms with Gasteiger partial charge in [0.1, 0.15) is 0 Å². The number of anilines is 2. The number of nitrogens with two attached hydrogens (primary N) is 1. The molecule has 2 amide bonds. The number of halogens is 1. The Morgan fingerprint density at radius 3 is 2.30 bits per heavy atom. The second-order valence-corrected chi connectivity index (χ2v) is 6.37. The van der Waals surface area contributed by atoms with E-state index in [0.717, 1.165) is 56.4 Å². The zero-order chi connectivity index (χ0) is 15.6. The number of rotatable bonds is 3. The Bertz CT molecular complexity index is 568. The van der Waals surface area contributed by atoms with Crippen LogP contribution in [0, 0.1) is 0 Å². The molecule has 1 heterocycles. The van der Waals surface area contributed by atoms with Crippen LogP contribution in [-0.4, -0.2) is 23.9 Å². The predicted octanol–water partition coefficient (Wildman–Crippen LogP) is 2.84. The summed E-state index contributed by atoms with van der Waals surface area (Å²) in [5, 5.41) is 2.91. The largest absolute Gasteiger partial charge is 0.324 e. The van der Waals surface area contributed by atoms with Gasteiger partial charge in [-0.1, -0.05) is 19.3 Å². The molecule has 1 aliphatic carbocycles. The van der Waals surface area contributed by atoms with Crippen LogP contribution in [0.5, 0.6) is 0 Å². The van der Waals surface area contributed by atoms with Crippen molar-refractivity contribution >= 4 is 35.6 Å². The summed E-state index contributed by atoms with van der Waals surface area (Å²) in [6, 6.07) is 7.43. The van der Waals surface area contributed by atoms with Gasteiger partial charge in [-0.15, -0.1) is 12.4 Å². The van der Waals surface area contributed by atoms with Crippen molar-refractivity contribution in [1.82, 2.24) is 0 Å². The Morgan fingerprint density at radius 1 is 1.09 bits per heavy atom. The third-order valence-corrected chi connectivity index (χ3v) is 4.71. The van der Waals surface area contributed by atoms with Crippen LogP contribution in [0.15, 0.2) is 24.3 Å². The molecule has 2 aliphatic rings. The number of nitrogens with zero attached hydrogens (tertiary/aromatic N) is 1. The van der Waals surface area contributed by atoms with Crippen LogP contribution in [0.25, 0.3) is 0 Å². The lowest BCUT2D eigenvalue weighted by Crippen LogP contribution is -2.52. The van der Waals surface area contributed by atoms with Gasteiger partial charge in [-0.3, -0.25) is 9.59 Å². The van der Waals surface area contributed by atoms with Crippen molar-refractivity contribution in [2.75, 3.05) is 16.8 Å². The molecule has 1 saturated heterocycles.